The number of carbonyl (C=O) groups is 1. The molecule has 1 aromatic carbocycles. The lowest BCUT2D eigenvalue weighted by atomic mass is 10.3. The Morgan fingerprint density at radius 1 is 1.09 bits per heavy atom. The predicted octanol–water partition coefficient (Wildman–Crippen LogP) is 5.46. The number of ether oxygens (including phenoxy) is 2. The Hall–Kier alpha value is -2.08. The van der Waals surface area contributed by atoms with Gasteiger partial charge in [0.25, 0.3) is 0 Å². The van der Waals surface area contributed by atoms with Gasteiger partial charge < -0.3 is 9.47 Å². The van der Waals surface area contributed by atoms with Crippen LogP contribution < -0.4 is 9.47 Å². The highest BCUT2D eigenvalue weighted by Crippen LogP contribution is 2.30. The minimum atomic E-state index is -0.393. The van der Waals surface area contributed by atoms with Crippen molar-refractivity contribution in [3.63, 3.8) is 0 Å². The van der Waals surface area contributed by atoms with Crippen molar-refractivity contribution in [1.29, 1.82) is 0 Å². The van der Waals surface area contributed by atoms with Crippen LogP contribution in [0, 0.1) is 0 Å². The van der Waals surface area contributed by atoms with E-state index in [1.807, 2.05) is 5.38 Å². The van der Waals surface area contributed by atoms with Gasteiger partial charge in [-0.2, -0.15) is 0 Å². The maximum absolute atomic E-state index is 11.8. The quantitative estimate of drug-likeness (QED) is 0.454. The van der Waals surface area contributed by atoms with Crippen LogP contribution in [0.3, 0.4) is 0 Å². The van der Waals surface area contributed by atoms with Crippen molar-refractivity contribution in [3.8, 4) is 17.4 Å². The lowest BCUT2D eigenvalue weighted by Crippen LogP contribution is -2.06. The second-order valence-electron chi connectivity index (χ2n) is 4.38. The molecule has 0 N–H and O–H groups in total. The number of esters is 1. The van der Waals surface area contributed by atoms with Crippen LogP contribution in [0.2, 0.25) is 10.0 Å². The molecule has 4 nitrogen and oxygen atoms in total. The summed E-state index contributed by atoms with van der Waals surface area (Å²) in [5.41, 5.74) is 0. The molecule has 0 amide bonds. The van der Waals surface area contributed by atoms with Crippen LogP contribution in [-0.2, 0) is 0 Å². The molecule has 0 unspecified atom stereocenters. The summed E-state index contributed by atoms with van der Waals surface area (Å²) in [5.74, 6) is 0.791. The molecule has 0 aliphatic rings. The summed E-state index contributed by atoms with van der Waals surface area (Å²) in [7, 11) is 0. The van der Waals surface area contributed by atoms with Gasteiger partial charge in [0.1, 0.15) is 21.4 Å². The van der Waals surface area contributed by atoms with Crippen LogP contribution in [0.4, 0.5) is 0 Å². The monoisotopic (exact) mass is 365 g/mol. The van der Waals surface area contributed by atoms with Crippen molar-refractivity contribution < 1.29 is 14.3 Å². The van der Waals surface area contributed by atoms with E-state index in [1.54, 1.807) is 42.5 Å². The van der Waals surface area contributed by atoms with Gasteiger partial charge in [-0.15, -0.1) is 11.3 Å². The third-order valence-corrected chi connectivity index (χ3v) is 4.07. The summed E-state index contributed by atoms with van der Waals surface area (Å²) in [5, 5.41) is 2.56. The molecule has 0 aliphatic heterocycles. The van der Waals surface area contributed by atoms with E-state index in [1.165, 1.54) is 17.5 Å². The van der Waals surface area contributed by atoms with E-state index in [0.29, 0.717) is 26.4 Å². The number of hydrogen-bond donors (Lipinski definition) is 0. The molecule has 116 valence electrons. The Bertz CT molecular complexity index is 820. The van der Waals surface area contributed by atoms with E-state index >= 15 is 0 Å². The van der Waals surface area contributed by atoms with Crippen LogP contribution in [0.1, 0.15) is 9.67 Å². The number of halogens is 2. The normalized spacial score (nSPS) is 10.3. The molecule has 0 spiro atoms. The average molecular weight is 366 g/mol. The Kier molecular flexibility index (Phi) is 4.81. The Morgan fingerprint density at radius 2 is 1.83 bits per heavy atom. The van der Waals surface area contributed by atoms with Crippen LogP contribution in [0.25, 0.3) is 0 Å². The highest BCUT2D eigenvalue weighted by atomic mass is 35.5. The predicted molar refractivity (Wildman–Crippen MR) is 90.1 cm³/mol. The Balaban J connectivity index is 1.68. The van der Waals surface area contributed by atoms with E-state index < -0.39 is 5.97 Å². The number of thiophene rings is 1. The molecule has 3 aromatic rings. The number of benzene rings is 1. The van der Waals surface area contributed by atoms with Crippen molar-refractivity contribution in [3.05, 3.63) is 69.0 Å². The van der Waals surface area contributed by atoms with Gasteiger partial charge in [-0.25, -0.2) is 9.78 Å². The van der Waals surface area contributed by atoms with Gasteiger partial charge in [0, 0.05) is 6.20 Å². The Labute approximate surface area is 146 Å². The lowest BCUT2D eigenvalue weighted by molar-refractivity contribution is 0.0739. The van der Waals surface area contributed by atoms with Gasteiger partial charge in [0.15, 0.2) is 0 Å². The fraction of sp³-hybridized carbons (Fsp3) is 0. The van der Waals surface area contributed by atoms with Gasteiger partial charge in [0.05, 0.1) is 5.02 Å². The standard InChI is InChI=1S/C16H9Cl2NO3S/c17-10-8-13(18)15(19-9-10)21-11-3-5-12(6-4-11)22-16(20)14-2-1-7-23-14/h1-9H. The third-order valence-electron chi connectivity index (χ3n) is 2.75. The van der Waals surface area contributed by atoms with Crippen molar-refractivity contribution in [2.45, 2.75) is 0 Å². The van der Waals surface area contributed by atoms with Crippen LogP contribution in [0.15, 0.2) is 54.0 Å². The minimum Gasteiger partial charge on any atom is -0.438 e. The second kappa shape index (κ2) is 7.00. The fourth-order valence-electron chi connectivity index (χ4n) is 1.72. The molecule has 2 heterocycles. The van der Waals surface area contributed by atoms with Crippen molar-refractivity contribution in [2.24, 2.45) is 0 Å². The van der Waals surface area contributed by atoms with Crippen molar-refractivity contribution in [1.82, 2.24) is 4.98 Å². The van der Waals surface area contributed by atoms with Gasteiger partial charge in [-0.3, -0.25) is 0 Å². The molecule has 0 aliphatic carbocycles. The molecule has 0 fully saturated rings. The molecular weight excluding hydrogens is 357 g/mol. The van der Waals surface area contributed by atoms with E-state index in [2.05, 4.69) is 4.98 Å². The van der Waals surface area contributed by atoms with E-state index in [4.69, 9.17) is 32.7 Å². The van der Waals surface area contributed by atoms with Crippen LogP contribution in [-0.4, -0.2) is 11.0 Å². The second-order valence-corrected chi connectivity index (χ2v) is 6.17. The lowest BCUT2D eigenvalue weighted by Gasteiger charge is -2.07. The largest absolute Gasteiger partial charge is 0.438 e. The molecule has 0 bridgehead atoms. The summed E-state index contributed by atoms with van der Waals surface area (Å²) < 4.78 is 10.8. The highest BCUT2D eigenvalue weighted by molar-refractivity contribution is 7.12. The first-order valence-corrected chi connectivity index (χ1v) is 8.10. The number of aromatic nitrogens is 1. The first kappa shape index (κ1) is 15.8. The maximum Gasteiger partial charge on any atom is 0.353 e. The summed E-state index contributed by atoms with van der Waals surface area (Å²) in [6.07, 6.45) is 1.44. The average Bonchev–Trinajstić information content (AvgIpc) is 3.06. The number of hydrogen-bond acceptors (Lipinski definition) is 5. The van der Waals surface area contributed by atoms with Crippen LogP contribution in [0.5, 0.6) is 17.4 Å². The summed E-state index contributed by atoms with van der Waals surface area (Å²) >= 11 is 13.1. The highest BCUT2D eigenvalue weighted by Gasteiger charge is 2.10. The third kappa shape index (κ3) is 4.01. The number of pyridine rings is 1. The molecule has 0 atom stereocenters. The fourth-order valence-corrected chi connectivity index (χ4v) is 2.73. The molecule has 0 saturated heterocycles. The van der Waals surface area contributed by atoms with Gasteiger partial charge in [-0.05, 0) is 41.8 Å². The van der Waals surface area contributed by atoms with Crippen molar-refractivity contribution in [2.75, 3.05) is 0 Å². The first-order valence-electron chi connectivity index (χ1n) is 6.46. The SMILES string of the molecule is O=C(Oc1ccc(Oc2ncc(Cl)cc2Cl)cc1)c1cccs1. The van der Waals surface area contributed by atoms with Crippen LogP contribution >= 0.6 is 34.5 Å². The molecule has 3 rings (SSSR count). The topological polar surface area (TPSA) is 48.4 Å². The first-order chi connectivity index (χ1) is 11.1. The van der Waals surface area contributed by atoms with E-state index in [9.17, 15) is 4.79 Å². The van der Waals surface area contributed by atoms with E-state index in [0.717, 1.165) is 0 Å². The smallest absolute Gasteiger partial charge is 0.353 e. The zero-order valence-electron chi connectivity index (χ0n) is 11.5. The number of nitrogens with zero attached hydrogens (tertiary/aromatic N) is 1. The molecule has 0 radical (unpaired) electrons. The maximum atomic E-state index is 11.8. The number of rotatable bonds is 4. The minimum absolute atomic E-state index is 0.249. The van der Waals surface area contributed by atoms with Crippen molar-refractivity contribution >= 4 is 40.5 Å². The molecule has 0 saturated carbocycles. The number of carbonyl (C=O) groups excluding carboxylic acids is 1. The summed E-state index contributed by atoms with van der Waals surface area (Å²) in [4.78, 5) is 16.4. The zero-order valence-corrected chi connectivity index (χ0v) is 13.9. The zero-order chi connectivity index (χ0) is 16.2. The van der Waals surface area contributed by atoms with Gasteiger partial charge >= 0.3 is 5.97 Å². The molecule has 2 aromatic heterocycles. The Morgan fingerprint density at radius 3 is 2.48 bits per heavy atom. The molecule has 7 heteroatoms. The van der Waals surface area contributed by atoms with Gasteiger partial charge in [0.2, 0.25) is 5.88 Å². The molecule has 23 heavy (non-hydrogen) atoms. The molecular formula is C16H9Cl2NO3S. The van der Waals surface area contributed by atoms with Gasteiger partial charge in [-0.1, -0.05) is 29.3 Å². The summed E-state index contributed by atoms with van der Waals surface area (Å²) in [6.45, 7) is 0. The summed E-state index contributed by atoms with van der Waals surface area (Å²) in [6, 6.07) is 11.6. The van der Waals surface area contributed by atoms with E-state index in [-0.39, 0.29) is 5.88 Å².